The predicted octanol–water partition coefficient (Wildman–Crippen LogP) is 4.34. The van der Waals surface area contributed by atoms with Crippen molar-refractivity contribution in [3.63, 3.8) is 0 Å². The van der Waals surface area contributed by atoms with Gasteiger partial charge in [0.15, 0.2) is 5.75 Å². The first-order valence-electron chi connectivity index (χ1n) is 6.32. The average Bonchev–Trinajstić information content (AvgIpc) is 2.98. The Kier molecular flexibility index (Phi) is 4.02. The first-order chi connectivity index (χ1) is 10.3. The smallest absolute Gasteiger partial charge is 0.320 e. The van der Waals surface area contributed by atoms with Crippen LogP contribution in [0.2, 0.25) is 0 Å². The highest BCUT2D eigenvalue weighted by Crippen LogP contribution is 2.31. The normalized spacial score (nSPS) is 10.3. The molecule has 106 valence electrons. The van der Waals surface area contributed by atoms with Crippen molar-refractivity contribution in [1.29, 1.82) is 0 Å². The van der Waals surface area contributed by atoms with E-state index in [1.165, 1.54) is 0 Å². The maximum Gasteiger partial charge on any atom is 0.320 e. The topological polar surface area (TPSA) is 60.2 Å². The number of ether oxygens (including phenoxy) is 1. The second-order valence-electron chi connectivity index (χ2n) is 4.17. The Morgan fingerprint density at radius 1 is 1.00 bits per heavy atom. The molecule has 0 aliphatic heterocycles. The SMILES string of the molecule is ClCc1nnc(Nc2ccccc2Oc2ccccc2)o1. The Labute approximate surface area is 126 Å². The lowest BCUT2D eigenvalue weighted by Gasteiger charge is -2.10. The molecular formula is C15H12ClN3O2. The summed E-state index contributed by atoms with van der Waals surface area (Å²) in [5, 5.41) is 10.7. The lowest BCUT2D eigenvalue weighted by Crippen LogP contribution is -1.94. The zero-order valence-electron chi connectivity index (χ0n) is 11.0. The molecule has 6 heteroatoms. The van der Waals surface area contributed by atoms with Crippen LogP contribution in [0.4, 0.5) is 11.7 Å². The molecule has 0 bridgehead atoms. The monoisotopic (exact) mass is 301 g/mol. The molecule has 0 aliphatic rings. The third-order valence-corrected chi connectivity index (χ3v) is 2.91. The first kappa shape index (κ1) is 13.5. The molecule has 0 amide bonds. The summed E-state index contributed by atoms with van der Waals surface area (Å²) in [5.74, 6) is 1.95. The van der Waals surface area contributed by atoms with Crippen LogP contribution in [0.1, 0.15) is 5.89 Å². The number of anilines is 2. The fourth-order valence-corrected chi connectivity index (χ4v) is 1.86. The van der Waals surface area contributed by atoms with Gasteiger partial charge in [-0.15, -0.1) is 16.7 Å². The molecular weight excluding hydrogens is 290 g/mol. The predicted molar refractivity (Wildman–Crippen MR) is 80.1 cm³/mol. The zero-order valence-corrected chi connectivity index (χ0v) is 11.7. The number of rotatable bonds is 5. The van der Waals surface area contributed by atoms with Gasteiger partial charge in [0.25, 0.3) is 0 Å². The minimum absolute atomic E-state index is 0.177. The van der Waals surface area contributed by atoms with Crippen molar-refractivity contribution >= 4 is 23.3 Å². The van der Waals surface area contributed by atoms with E-state index in [4.69, 9.17) is 20.8 Å². The lowest BCUT2D eigenvalue weighted by molar-refractivity contribution is 0.483. The van der Waals surface area contributed by atoms with Crippen molar-refractivity contribution in [1.82, 2.24) is 10.2 Å². The Balaban J connectivity index is 1.82. The van der Waals surface area contributed by atoms with Crippen molar-refractivity contribution < 1.29 is 9.15 Å². The molecule has 1 aromatic heterocycles. The van der Waals surface area contributed by atoms with Crippen LogP contribution in [0.15, 0.2) is 59.0 Å². The number of alkyl halides is 1. The van der Waals surface area contributed by atoms with E-state index in [1.807, 2.05) is 54.6 Å². The lowest BCUT2D eigenvalue weighted by atomic mass is 10.3. The molecule has 0 saturated carbocycles. The Hall–Kier alpha value is -2.53. The zero-order chi connectivity index (χ0) is 14.5. The fraction of sp³-hybridized carbons (Fsp3) is 0.0667. The van der Waals surface area contributed by atoms with E-state index in [2.05, 4.69) is 15.5 Å². The van der Waals surface area contributed by atoms with Crippen LogP contribution in [-0.2, 0) is 5.88 Å². The molecule has 21 heavy (non-hydrogen) atoms. The van der Waals surface area contributed by atoms with Gasteiger partial charge in [-0.2, -0.15) is 0 Å². The highest BCUT2D eigenvalue weighted by atomic mass is 35.5. The first-order valence-corrected chi connectivity index (χ1v) is 6.86. The van der Waals surface area contributed by atoms with Gasteiger partial charge in [0.05, 0.1) is 5.69 Å². The maximum absolute atomic E-state index is 5.84. The van der Waals surface area contributed by atoms with Crippen molar-refractivity contribution in [3.05, 3.63) is 60.5 Å². The minimum atomic E-state index is 0.177. The Morgan fingerprint density at radius 2 is 1.76 bits per heavy atom. The number of aromatic nitrogens is 2. The Morgan fingerprint density at radius 3 is 2.52 bits per heavy atom. The quantitative estimate of drug-likeness (QED) is 0.710. The molecule has 0 unspecified atom stereocenters. The van der Waals surface area contributed by atoms with E-state index < -0.39 is 0 Å². The number of hydrogen-bond donors (Lipinski definition) is 1. The Bertz CT molecular complexity index is 716. The van der Waals surface area contributed by atoms with E-state index in [9.17, 15) is 0 Å². The van der Waals surface area contributed by atoms with E-state index in [0.717, 1.165) is 11.4 Å². The molecule has 1 N–H and O–H groups in total. The van der Waals surface area contributed by atoms with E-state index >= 15 is 0 Å². The fourth-order valence-electron chi connectivity index (χ4n) is 1.75. The minimum Gasteiger partial charge on any atom is -0.455 e. The van der Waals surface area contributed by atoms with Gasteiger partial charge < -0.3 is 14.5 Å². The standard InChI is InChI=1S/C15H12ClN3O2/c16-10-14-18-19-15(21-14)17-12-8-4-5-9-13(12)20-11-6-2-1-3-7-11/h1-9H,10H2,(H,17,19). The number of nitrogens with zero attached hydrogens (tertiary/aromatic N) is 2. The van der Waals surface area contributed by atoms with Crippen LogP contribution in [-0.4, -0.2) is 10.2 Å². The third kappa shape index (κ3) is 3.32. The molecule has 0 fully saturated rings. The summed E-state index contributed by atoms with van der Waals surface area (Å²) < 4.78 is 11.2. The summed E-state index contributed by atoms with van der Waals surface area (Å²) in [5.41, 5.74) is 0.728. The van der Waals surface area contributed by atoms with Gasteiger partial charge in [0, 0.05) is 0 Å². The molecule has 5 nitrogen and oxygen atoms in total. The summed E-state index contributed by atoms with van der Waals surface area (Å²) in [6.07, 6.45) is 0. The van der Waals surface area contributed by atoms with Gasteiger partial charge in [0.2, 0.25) is 5.89 Å². The summed E-state index contributed by atoms with van der Waals surface area (Å²) >= 11 is 5.63. The number of para-hydroxylation sites is 3. The van der Waals surface area contributed by atoms with Gasteiger partial charge in [-0.3, -0.25) is 0 Å². The second-order valence-corrected chi connectivity index (χ2v) is 4.44. The number of hydrogen-bond acceptors (Lipinski definition) is 5. The second kappa shape index (κ2) is 6.28. The van der Waals surface area contributed by atoms with Gasteiger partial charge in [0.1, 0.15) is 11.6 Å². The molecule has 0 atom stereocenters. The summed E-state index contributed by atoms with van der Waals surface area (Å²) in [6.45, 7) is 0. The molecule has 3 rings (SSSR count). The van der Waals surface area contributed by atoms with Crippen LogP contribution in [0.25, 0.3) is 0 Å². The summed E-state index contributed by atoms with van der Waals surface area (Å²) in [4.78, 5) is 0. The van der Waals surface area contributed by atoms with E-state index in [0.29, 0.717) is 11.6 Å². The van der Waals surface area contributed by atoms with Gasteiger partial charge in [-0.1, -0.05) is 35.4 Å². The van der Waals surface area contributed by atoms with E-state index in [-0.39, 0.29) is 11.9 Å². The molecule has 0 aliphatic carbocycles. The van der Waals surface area contributed by atoms with Gasteiger partial charge in [-0.05, 0) is 24.3 Å². The highest BCUT2D eigenvalue weighted by molar-refractivity contribution is 6.16. The van der Waals surface area contributed by atoms with Crippen molar-refractivity contribution in [2.75, 3.05) is 5.32 Å². The summed E-state index contributed by atoms with van der Waals surface area (Å²) in [7, 11) is 0. The van der Waals surface area contributed by atoms with Crippen LogP contribution in [0.5, 0.6) is 11.5 Å². The molecule has 0 radical (unpaired) electrons. The van der Waals surface area contributed by atoms with E-state index in [1.54, 1.807) is 0 Å². The van der Waals surface area contributed by atoms with Crippen molar-refractivity contribution in [3.8, 4) is 11.5 Å². The number of nitrogens with one attached hydrogen (secondary N) is 1. The van der Waals surface area contributed by atoms with Crippen LogP contribution >= 0.6 is 11.6 Å². The number of benzene rings is 2. The number of halogens is 1. The summed E-state index contributed by atoms with van der Waals surface area (Å²) in [6, 6.07) is 17.3. The molecule has 2 aromatic carbocycles. The largest absolute Gasteiger partial charge is 0.455 e. The maximum atomic E-state index is 5.84. The third-order valence-electron chi connectivity index (χ3n) is 2.68. The van der Waals surface area contributed by atoms with Crippen LogP contribution in [0, 0.1) is 0 Å². The average molecular weight is 302 g/mol. The molecule has 0 saturated heterocycles. The van der Waals surface area contributed by atoms with Crippen molar-refractivity contribution in [2.45, 2.75) is 5.88 Å². The van der Waals surface area contributed by atoms with Crippen molar-refractivity contribution in [2.24, 2.45) is 0 Å². The molecule has 3 aromatic rings. The molecule has 1 heterocycles. The van der Waals surface area contributed by atoms with Gasteiger partial charge >= 0.3 is 6.01 Å². The van der Waals surface area contributed by atoms with Crippen LogP contribution < -0.4 is 10.1 Å². The molecule has 0 spiro atoms. The highest BCUT2D eigenvalue weighted by Gasteiger charge is 2.09. The van der Waals surface area contributed by atoms with Crippen LogP contribution in [0.3, 0.4) is 0 Å². The van der Waals surface area contributed by atoms with Gasteiger partial charge in [-0.25, -0.2) is 0 Å².